The van der Waals surface area contributed by atoms with Crippen molar-refractivity contribution in [3.05, 3.63) is 70.1 Å². The largest absolute Gasteiger partial charge is 0.492 e. The molecule has 0 unspecified atom stereocenters. The minimum atomic E-state index is -0.737. The average molecular weight is 395 g/mol. The fraction of sp³-hybridized carbons (Fsp3) is 0.250. The zero-order valence-electron chi connectivity index (χ0n) is 15.5. The van der Waals surface area contributed by atoms with Crippen LogP contribution in [-0.4, -0.2) is 27.7 Å². The first-order valence-corrected chi connectivity index (χ1v) is 9.00. The van der Waals surface area contributed by atoms with Crippen molar-refractivity contribution in [3.63, 3.8) is 0 Å². The van der Waals surface area contributed by atoms with Crippen molar-refractivity contribution in [2.75, 3.05) is 6.61 Å². The molecule has 3 aromatic rings. The standard InChI is InChI=1S/C20H17N3O6/c1-12(28-20(24)15-10-14-4-2-3-5-17(14)27-11-15)18-21-22-19(29-18)13-6-8-16(9-7-13)23(25)26/h2-9,12,15H,10-11H2,1H3/t12-,15-/m0/s1. The van der Waals surface area contributed by atoms with Crippen LogP contribution in [0.25, 0.3) is 11.5 Å². The maximum absolute atomic E-state index is 12.5. The number of rotatable bonds is 5. The first kappa shape index (κ1) is 18.6. The highest BCUT2D eigenvalue weighted by Crippen LogP contribution is 2.29. The molecule has 0 saturated heterocycles. The lowest BCUT2D eigenvalue weighted by atomic mass is 9.97. The lowest BCUT2D eigenvalue weighted by Crippen LogP contribution is -2.30. The minimum Gasteiger partial charge on any atom is -0.492 e. The van der Waals surface area contributed by atoms with E-state index in [1.54, 1.807) is 6.92 Å². The molecule has 0 N–H and O–H groups in total. The van der Waals surface area contributed by atoms with Crippen molar-refractivity contribution in [2.24, 2.45) is 5.92 Å². The van der Waals surface area contributed by atoms with E-state index < -0.39 is 22.9 Å². The highest BCUT2D eigenvalue weighted by atomic mass is 16.6. The Bertz CT molecular complexity index is 1050. The zero-order chi connectivity index (χ0) is 20.4. The van der Waals surface area contributed by atoms with E-state index in [0.717, 1.165) is 11.3 Å². The second-order valence-electron chi connectivity index (χ2n) is 6.65. The second-order valence-corrected chi connectivity index (χ2v) is 6.65. The number of benzene rings is 2. The van der Waals surface area contributed by atoms with E-state index in [2.05, 4.69) is 10.2 Å². The van der Waals surface area contributed by atoms with Crippen molar-refractivity contribution >= 4 is 11.7 Å². The smallest absolute Gasteiger partial charge is 0.313 e. The Morgan fingerprint density at radius 2 is 1.97 bits per heavy atom. The molecule has 29 heavy (non-hydrogen) atoms. The van der Waals surface area contributed by atoms with Gasteiger partial charge in [-0.2, -0.15) is 0 Å². The molecule has 0 bridgehead atoms. The number of aromatic nitrogens is 2. The number of para-hydroxylation sites is 1. The quantitative estimate of drug-likeness (QED) is 0.366. The second kappa shape index (κ2) is 7.70. The molecule has 2 heterocycles. The van der Waals surface area contributed by atoms with Gasteiger partial charge in [-0.3, -0.25) is 14.9 Å². The molecule has 2 aromatic carbocycles. The molecule has 0 saturated carbocycles. The third-order valence-corrected chi connectivity index (χ3v) is 4.62. The van der Waals surface area contributed by atoms with E-state index in [1.165, 1.54) is 24.3 Å². The number of non-ortho nitro benzene ring substituents is 1. The van der Waals surface area contributed by atoms with Crippen LogP contribution in [0, 0.1) is 16.0 Å². The first-order valence-electron chi connectivity index (χ1n) is 9.00. The Morgan fingerprint density at radius 1 is 1.21 bits per heavy atom. The van der Waals surface area contributed by atoms with E-state index in [0.29, 0.717) is 12.0 Å². The van der Waals surface area contributed by atoms with Crippen molar-refractivity contribution in [2.45, 2.75) is 19.4 Å². The van der Waals surface area contributed by atoms with E-state index >= 15 is 0 Å². The third-order valence-electron chi connectivity index (χ3n) is 4.62. The fourth-order valence-corrected chi connectivity index (χ4v) is 3.04. The molecule has 1 aliphatic rings. The molecule has 0 amide bonds. The van der Waals surface area contributed by atoms with Gasteiger partial charge < -0.3 is 13.9 Å². The number of hydrogen-bond acceptors (Lipinski definition) is 8. The molecule has 0 fully saturated rings. The molecule has 9 nitrogen and oxygen atoms in total. The summed E-state index contributed by atoms with van der Waals surface area (Å²) in [6.45, 7) is 1.89. The summed E-state index contributed by atoms with van der Waals surface area (Å²) in [7, 11) is 0. The fourth-order valence-electron chi connectivity index (χ4n) is 3.04. The minimum absolute atomic E-state index is 0.0351. The Balaban J connectivity index is 1.41. The van der Waals surface area contributed by atoms with Gasteiger partial charge in [-0.25, -0.2) is 0 Å². The molecule has 148 valence electrons. The van der Waals surface area contributed by atoms with Crippen molar-refractivity contribution in [1.82, 2.24) is 10.2 Å². The van der Waals surface area contributed by atoms with E-state index in [1.807, 2.05) is 24.3 Å². The van der Waals surface area contributed by atoms with Crippen LogP contribution in [0.2, 0.25) is 0 Å². The van der Waals surface area contributed by atoms with Gasteiger partial charge in [-0.15, -0.1) is 10.2 Å². The Kier molecular flexibility index (Phi) is 4.94. The molecule has 1 aromatic heterocycles. The van der Waals surface area contributed by atoms with Crippen LogP contribution in [0.15, 0.2) is 52.9 Å². The summed E-state index contributed by atoms with van der Waals surface area (Å²) in [6.07, 6.45) is -0.196. The van der Waals surface area contributed by atoms with E-state index in [9.17, 15) is 14.9 Å². The maximum atomic E-state index is 12.5. The lowest BCUT2D eigenvalue weighted by molar-refractivity contribution is -0.384. The topological polar surface area (TPSA) is 118 Å². The number of hydrogen-bond donors (Lipinski definition) is 0. The molecule has 4 rings (SSSR count). The van der Waals surface area contributed by atoms with Crippen LogP contribution in [0.1, 0.15) is 24.5 Å². The molecule has 0 aliphatic carbocycles. The number of nitrogens with zero attached hydrogens (tertiary/aromatic N) is 3. The summed E-state index contributed by atoms with van der Waals surface area (Å²) < 4.78 is 16.7. The van der Waals surface area contributed by atoms with Crippen LogP contribution in [0.3, 0.4) is 0 Å². The Morgan fingerprint density at radius 3 is 2.72 bits per heavy atom. The molecule has 1 aliphatic heterocycles. The van der Waals surface area contributed by atoms with Gasteiger partial charge in [0, 0.05) is 17.7 Å². The van der Waals surface area contributed by atoms with Crippen LogP contribution >= 0.6 is 0 Å². The molecule has 0 radical (unpaired) electrons. The number of esters is 1. The normalized spacial score (nSPS) is 16.4. The number of fused-ring (bicyclic) bond motifs is 1. The summed E-state index contributed by atoms with van der Waals surface area (Å²) in [5.41, 5.74) is 1.46. The predicted octanol–water partition coefficient (Wildman–Crippen LogP) is 3.50. The van der Waals surface area contributed by atoms with Gasteiger partial charge in [0.1, 0.15) is 12.4 Å². The summed E-state index contributed by atoms with van der Waals surface area (Å²) >= 11 is 0. The van der Waals surface area contributed by atoms with Crippen LogP contribution in [0.5, 0.6) is 5.75 Å². The van der Waals surface area contributed by atoms with Gasteiger partial charge in [0.15, 0.2) is 6.10 Å². The van der Waals surface area contributed by atoms with Gasteiger partial charge in [-0.1, -0.05) is 18.2 Å². The third kappa shape index (κ3) is 3.93. The van der Waals surface area contributed by atoms with Crippen LogP contribution < -0.4 is 4.74 Å². The number of carbonyl (C=O) groups excluding carboxylic acids is 1. The SMILES string of the molecule is C[C@H](OC(=O)[C@@H]1COc2ccccc2C1)c1nnc(-c2ccc([N+](=O)[O-])cc2)o1. The van der Waals surface area contributed by atoms with Crippen molar-refractivity contribution in [1.29, 1.82) is 0 Å². The van der Waals surface area contributed by atoms with Gasteiger partial charge in [0.2, 0.25) is 5.89 Å². The van der Waals surface area contributed by atoms with E-state index in [-0.39, 0.29) is 24.1 Å². The molecule has 0 spiro atoms. The summed E-state index contributed by atoms with van der Waals surface area (Å²) in [6, 6.07) is 13.3. The monoisotopic (exact) mass is 395 g/mol. The average Bonchev–Trinajstić information content (AvgIpc) is 3.24. The van der Waals surface area contributed by atoms with Gasteiger partial charge in [-0.05, 0) is 37.1 Å². The lowest BCUT2D eigenvalue weighted by Gasteiger charge is -2.24. The van der Waals surface area contributed by atoms with Crippen LogP contribution in [-0.2, 0) is 16.0 Å². The van der Waals surface area contributed by atoms with Crippen molar-refractivity contribution in [3.8, 4) is 17.2 Å². The van der Waals surface area contributed by atoms with Gasteiger partial charge in [0.05, 0.1) is 10.8 Å². The van der Waals surface area contributed by atoms with Crippen molar-refractivity contribution < 1.29 is 23.6 Å². The van der Waals surface area contributed by atoms with Gasteiger partial charge >= 0.3 is 5.97 Å². The number of carbonyl (C=O) groups is 1. The highest BCUT2D eigenvalue weighted by molar-refractivity contribution is 5.74. The number of ether oxygens (including phenoxy) is 2. The molecular weight excluding hydrogens is 378 g/mol. The molecule has 9 heteroatoms. The number of nitro groups is 1. The summed E-state index contributed by atoms with van der Waals surface area (Å²) in [5, 5.41) is 18.6. The molecule has 2 atom stereocenters. The van der Waals surface area contributed by atoms with E-state index in [4.69, 9.17) is 13.9 Å². The summed E-state index contributed by atoms with van der Waals surface area (Å²) in [4.78, 5) is 22.8. The first-order chi connectivity index (χ1) is 14.0. The van der Waals surface area contributed by atoms with Gasteiger partial charge in [0.25, 0.3) is 11.6 Å². The Hall–Kier alpha value is -3.75. The number of nitro benzene ring substituents is 1. The molecular formula is C20H17N3O6. The maximum Gasteiger partial charge on any atom is 0.313 e. The Labute approximate surface area is 165 Å². The predicted molar refractivity (Wildman–Crippen MR) is 100 cm³/mol. The van der Waals surface area contributed by atoms with Crippen LogP contribution in [0.4, 0.5) is 5.69 Å². The highest BCUT2D eigenvalue weighted by Gasteiger charge is 2.29. The summed E-state index contributed by atoms with van der Waals surface area (Å²) in [5.74, 6) is 0.303. The zero-order valence-corrected chi connectivity index (χ0v) is 15.5.